The van der Waals surface area contributed by atoms with Crippen LogP contribution >= 0.6 is 0 Å². The number of pyridine rings is 1. The van der Waals surface area contributed by atoms with Gasteiger partial charge in [0.1, 0.15) is 23.4 Å². The molecule has 1 aromatic carbocycles. The molecule has 0 aliphatic rings. The zero-order valence-corrected chi connectivity index (χ0v) is 15.0. The van der Waals surface area contributed by atoms with E-state index in [-0.39, 0.29) is 18.1 Å². The molecule has 0 saturated carbocycles. The average molecular weight is 369 g/mol. The van der Waals surface area contributed by atoms with E-state index in [2.05, 4.69) is 15.3 Å². The van der Waals surface area contributed by atoms with E-state index in [1.54, 1.807) is 44.6 Å². The summed E-state index contributed by atoms with van der Waals surface area (Å²) in [5.41, 5.74) is 7.37. The lowest BCUT2D eigenvalue weighted by atomic mass is 10.0. The van der Waals surface area contributed by atoms with Crippen molar-refractivity contribution >= 4 is 28.5 Å². The lowest BCUT2D eigenvalue weighted by molar-refractivity contribution is -0.130. The second kappa shape index (κ2) is 7.45. The number of rotatable bonds is 5. The van der Waals surface area contributed by atoms with Gasteiger partial charge in [0.05, 0.1) is 11.7 Å². The first-order valence-electron chi connectivity index (χ1n) is 8.34. The number of nitrogen functional groups attached to an aromatic ring is 1. The van der Waals surface area contributed by atoms with Gasteiger partial charge in [-0.2, -0.15) is 0 Å². The number of carbonyl (C=O) groups excluding carboxylic acids is 2. The number of aromatic nitrogens is 2. The molecule has 4 N–H and O–H groups in total. The monoisotopic (exact) mass is 369 g/mol. The van der Waals surface area contributed by atoms with Crippen molar-refractivity contribution in [2.24, 2.45) is 0 Å². The summed E-state index contributed by atoms with van der Waals surface area (Å²) in [7, 11) is 3.23. The number of nitrogens with zero attached hydrogens (tertiary/aromatic N) is 2. The van der Waals surface area contributed by atoms with Crippen LogP contribution in [-0.2, 0) is 11.2 Å². The van der Waals surface area contributed by atoms with E-state index >= 15 is 0 Å². The predicted molar refractivity (Wildman–Crippen MR) is 101 cm³/mol. The summed E-state index contributed by atoms with van der Waals surface area (Å²) in [5, 5.41) is 3.50. The van der Waals surface area contributed by atoms with Gasteiger partial charge in [-0.05, 0) is 29.8 Å². The molecule has 27 heavy (non-hydrogen) atoms. The van der Waals surface area contributed by atoms with Crippen molar-refractivity contribution in [1.29, 1.82) is 0 Å². The smallest absolute Gasteiger partial charge is 0.268 e. The fourth-order valence-corrected chi connectivity index (χ4v) is 2.77. The van der Waals surface area contributed by atoms with Gasteiger partial charge in [0.25, 0.3) is 5.91 Å². The number of likely N-dealkylation sites (N-methyl/N-ethyl adjacent to an activating group) is 1. The number of halogens is 1. The van der Waals surface area contributed by atoms with E-state index in [4.69, 9.17) is 5.73 Å². The topological polar surface area (TPSA) is 104 Å². The molecule has 2 amide bonds. The Bertz CT molecular complexity index is 981. The first kappa shape index (κ1) is 18.4. The third-order valence-electron chi connectivity index (χ3n) is 4.17. The van der Waals surface area contributed by atoms with Crippen molar-refractivity contribution in [2.45, 2.75) is 12.5 Å². The number of hydrogen-bond donors (Lipinski definition) is 3. The number of anilines is 1. The van der Waals surface area contributed by atoms with Crippen molar-refractivity contribution in [3.63, 3.8) is 0 Å². The van der Waals surface area contributed by atoms with Crippen molar-refractivity contribution in [3.05, 3.63) is 59.7 Å². The number of nitrogens with one attached hydrogen (secondary N) is 2. The normalized spacial score (nSPS) is 12.0. The van der Waals surface area contributed by atoms with Crippen molar-refractivity contribution in [3.8, 4) is 0 Å². The van der Waals surface area contributed by atoms with Crippen LogP contribution in [0.1, 0.15) is 16.1 Å². The number of carbonyl (C=O) groups is 2. The Labute approximate surface area is 155 Å². The standard InChI is InChI=1S/C19H20FN5O2/c1-25(2)19(27)15(7-11-3-5-13(20)6-4-11)24-18(26)14-8-12-9-17(21)22-10-16(12)23-14/h3-6,8-10,15,23H,7H2,1-2H3,(H2,21,22)(H,24,26)/t15-/m0/s1. The summed E-state index contributed by atoms with van der Waals surface area (Å²) >= 11 is 0. The van der Waals surface area contributed by atoms with Crippen LogP contribution in [0.4, 0.5) is 10.2 Å². The number of fused-ring (bicyclic) bond motifs is 1. The van der Waals surface area contributed by atoms with E-state index in [9.17, 15) is 14.0 Å². The number of amides is 2. The van der Waals surface area contributed by atoms with Crippen LogP contribution in [0.2, 0.25) is 0 Å². The SMILES string of the molecule is CN(C)C(=O)[C@H](Cc1ccc(F)cc1)NC(=O)c1cc2cc(N)ncc2[nH]1. The minimum absolute atomic E-state index is 0.248. The molecular weight excluding hydrogens is 349 g/mol. The lowest BCUT2D eigenvalue weighted by Gasteiger charge is -2.21. The maximum absolute atomic E-state index is 13.1. The summed E-state index contributed by atoms with van der Waals surface area (Å²) < 4.78 is 13.1. The third-order valence-corrected chi connectivity index (χ3v) is 4.17. The quantitative estimate of drug-likeness (QED) is 0.637. The molecule has 2 aromatic heterocycles. The molecule has 0 unspecified atom stereocenters. The molecule has 140 valence electrons. The Morgan fingerprint density at radius 2 is 1.96 bits per heavy atom. The summed E-state index contributed by atoms with van der Waals surface area (Å²) in [6.45, 7) is 0. The van der Waals surface area contributed by atoms with Crippen LogP contribution in [0.25, 0.3) is 10.9 Å². The Balaban J connectivity index is 1.82. The molecule has 0 bridgehead atoms. The summed E-state index contributed by atoms with van der Waals surface area (Å²) in [6.07, 6.45) is 1.79. The third kappa shape index (κ3) is 4.22. The van der Waals surface area contributed by atoms with Gasteiger partial charge in [-0.15, -0.1) is 0 Å². The van der Waals surface area contributed by atoms with Crippen molar-refractivity contribution < 1.29 is 14.0 Å². The van der Waals surface area contributed by atoms with E-state index in [1.807, 2.05) is 0 Å². The molecular formula is C19H20FN5O2. The maximum Gasteiger partial charge on any atom is 0.268 e. The summed E-state index contributed by atoms with van der Waals surface area (Å²) in [5.74, 6) is -0.684. The largest absolute Gasteiger partial charge is 0.384 e. The van der Waals surface area contributed by atoms with E-state index in [1.165, 1.54) is 17.0 Å². The average Bonchev–Trinajstić information content (AvgIpc) is 3.05. The van der Waals surface area contributed by atoms with Crippen LogP contribution < -0.4 is 11.1 Å². The molecule has 2 heterocycles. The van der Waals surface area contributed by atoms with Crippen LogP contribution in [-0.4, -0.2) is 46.8 Å². The molecule has 0 spiro atoms. The highest BCUT2D eigenvalue weighted by atomic mass is 19.1. The minimum Gasteiger partial charge on any atom is -0.384 e. The molecule has 7 nitrogen and oxygen atoms in total. The molecule has 3 aromatic rings. The predicted octanol–water partition coefficient (Wildman–Crippen LogP) is 1.71. The molecule has 0 aliphatic carbocycles. The lowest BCUT2D eigenvalue weighted by Crippen LogP contribution is -2.47. The highest BCUT2D eigenvalue weighted by Crippen LogP contribution is 2.17. The first-order valence-corrected chi connectivity index (χ1v) is 8.34. The van der Waals surface area contributed by atoms with Gasteiger partial charge in [0.2, 0.25) is 5.91 Å². The Kier molecular flexibility index (Phi) is 5.07. The molecule has 3 rings (SSSR count). The van der Waals surface area contributed by atoms with Gasteiger partial charge >= 0.3 is 0 Å². The van der Waals surface area contributed by atoms with E-state index < -0.39 is 11.9 Å². The number of aromatic amines is 1. The molecule has 8 heteroatoms. The van der Waals surface area contributed by atoms with Gasteiger partial charge in [-0.25, -0.2) is 9.37 Å². The highest BCUT2D eigenvalue weighted by Gasteiger charge is 2.24. The first-order chi connectivity index (χ1) is 12.8. The summed E-state index contributed by atoms with van der Waals surface area (Å²) in [4.78, 5) is 33.5. The fraction of sp³-hybridized carbons (Fsp3) is 0.211. The number of hydrogen-bond acceptors (Lipinski definition) is 4. The zero-order valence-electron chi connectivity index (χ0n) is 15.0. The molecule has 0 aliphatic heterocycles. The van der Waals surface area contributed by atoms with Crippen LogP contribution in [0.15, 0.2) is 42.6 Å². The zero-order chi connectivity index (χ0) is 19.6. The van der Waals surface area contributed by atoms with Gasteiger partial charge < -0.3 is 20.9 Å². The van der Waals surface area contributed by atoms with E-state index in [0.29, 0.717) is 17.0 Å². The van der Waals surface area contributed by atoms with Crippen molar-refractivity contribution in [2.75, 3.05) is 19.8 Å². The second-order valence-corrected chi connectivity index (χ2v) is 6.47. The number of benzene rings is 1. The number of nitrogens with two attached hydrogens (primary N) is 1. The Morgan fingerprint density at radius 3 is 2.63 bits per heavy atom. The van der Waals surface area contributed by atoms with Crippen molar-refractivity contribution in [1.82, 2.24) is 20.2 Å². The fourth-order valence-electron chi connectivity index (χ4n) is 2.77. The molecule has 1 atom stereocenters. The minimum atomic E-state index is -0.785. The Morgan fingerprint density at radius 1 is 1.26 bits per heavy atom. The maximum atomic E-state index is 13.1. The second-order valence-electron chi connectivity index (χ2n) is 6.47. The Hall–Kier alpha value is -3.42. The van der Waals surface area contributed by atoms with Crippen LogP contribution in [0.5, 0.6) is 0 Å². The highest BCUT2D eigenvalue weighted by molar-refractivity contribution is 6.00. The molecule has 0 saturated heterocycles. The molecule has 0 fully saturated rings. The van der Waals surface area contributed by atoms with E-state index in [0.717, 1.165) is 10.9 Å². The summed E-state index contributed by atoms with van der Waals surface area (Å²) in [6, 6.07) is 8.35. The molecule has 0 radical (unpaired) electrons. The van der Waals surface area contributed by atoms with Gasteiger partial charge in [-0.1, -0.05) is 12.1 Å². The van der Waals surface area contributed by atoms with Crippen LogP contribution in [0.3, 0.4) is 0 Å². The van der Waals surface area contributed by atoms with Gasteiger partial charge in [0.15, 0.2) is 0 Å². The number of H-pyrrole nitrogens is 1. The van der Waals surface area contributed by atoms with Gasteiger partial charge in [0, 0.05) is 25.9 Å². The van der Waals surface area contributed by atoms with Crippen LogP contribution in [0, 0.1) is 5.82 Å². The van der Waals surface area contributed by atoms with Gasteiger partial charge in [-0.3, -0.25) is 9.59 Å².